The number of anilines is 1. The lowest BCUT2D eigenvalue weighted by atomic mass is 10.1. The third-order valence-electron chi connectivity index (χ3n) is 2.19. The van der Waals surface area contributed by atoms with E-state index in [2.05, 4.69) is 21.2 Å². The molecule has 0 aromatic heterocycles. The van der Waals surface area contributed by atoms with Gasteiger partial charge >= 0.3 is 0 Å². The van der Waals surface area contributed by atoms with E-state index in [-0.39, 0.29) is 11.9 Å². The highest BCUT2D eigenvalue weighted by Crippen LogP contribution is 2.25. The van der Waals surface area contributed by atoms with Gasteiger partial charge in [0.15, 0.2) is 0 Å². The van der Waals surface area contributed by atoms with Gasteiger partial charge in [0.2, 0.25) is 5.91 Å². The fourth-order valence-electron chi connectivity index (χ4n) is 1.46. The van der Waals surface area contributed by atoms with Crippen LogP contribution in [0.15, 0.2) is 22.7 Å². The van der Waals surface area contributed by atoms with Gasteiger partial charge in [0.1, 0.15) is 0 Å². The van der Waals surface area contributed by atoms with E-state index >= 15 is 0 Å². The van der Waals surface area contributed by atoms with Gasteiger partial charge < -0.3 is 15.8 Å². The van der Waals surface area contributed by atoms with Crippen molar-refractivity contribution in [3.8, 4) is 0 Å². The molecular formula is C12H17BrN2O2. The highest BCUT2D eigenvalue weighted by molar-refractivity contribution is 9.10. The first kappa shape index (κ1) is 14.2. The van der Waals surface area contributed by atoms with Crippen molar-refractivity contribution in [3.05, 3.63) is 28.2 Å². The molecule has 0 aliphatic rings. The smallest absolute Gasteiger partial charge is 0.225 e. The van der Waals surface area contributed by atoms with E-state index in [1.54, 1.807) is 14.0 Å². The molecule has 4 nitrogen and oxygen atoms in total. The van der Waals surface area contributed by atoms with Gasteiger partial charge in [0.25, 0.3) is 0 Å². The molecule has 5 heteroatoms. The molecular weight excluding hydrogens is 284 g/mol. The summed E-state index contributed by atoms with van der Waals surface area (Å²) in [6.07, 6.45) is 0.304. The number of amides is 1. The van der Waals surface area contributed by atoms with Crippen molar-refractivity contribution in [1.29, 1.82) is 0 Å². The number of nitrogens with one attached hydrogen (secondary N) is 1. The fraction of sp³-hybridized carbons (Fsp3) is 0.417. The average molecular weight is 301 g/mol. The minimum absolute atomic E-state index is 0.0875. The maximum absolute atomic E-state index is 11.6. The summed E-state index contributed by atoms with van der Waals surface area (Å²) >= 11 is 3.43. The van der Waals surface area contributed by atoms with E-state index in [9.17, 15) is 4.79 Å². The third kappa shape index (κ3) is 4.46. The minimum Gasteiger partial charge on any atom is -0.380 e. The highest BCUT2D eigenvalue weighted by Gasteiger charge is 2.10. The number of carbonyl (C=O) groups is 1. The molecule has 1 rings (SSSR count). The molecule has 0 bridgehead atoms. The number of hydrogen-bond acceptors (Lipinski definition) is 3. The molecule has 1 unspecified atom stereocenters. The Hall–Kier alpha value is -0.910. The summed E-state index contributed by atoms with van der Waals surface area (Å²) in [5.41, 5.74) is 7.26. The second-order valence-corrected chi connectivity index (χ2v) is 4.78. The topological polar surface area (TPSA) is 64.3 Å². The molecule has 1 aromatic rings. The lowest BCUT2D eigenvalue weighted by Gasteiger charge is -2.13. The quantitative estimate of drug-likeness (QED) is 0.877. The Morgan fingerprint density at radius 1 is 1.59 bits per heavy atom. The summed E-state index contributed by atoms with van der Waals surface area (Å²) in [4.78, 5) is 11.6. The van der Waals surface area contributed by atoms with Crippen LogP contribution in [0.25, 0.3) is 0 Å². The molecule has 0 fully saturated rings. The van der Waals surface area contributed by atoms with Crippen LogP contribution >= 0.6 is 15.9 Å². The Kier molecular flexibility index (Phi) is 5.61. The third-order valence-corrected chi connectivity index (χ3v) is 2.93. The van der Waals surface area contributed by atoms with Crippen LogP contribution in [-0.4, -0.2) is 19.1 Å². The molecule has 1 atom stereocenters. The van der Waals surface area contributed by atoms with Crippen molar-refractivity contribution in [2.24, 2.45) is 5.73 Å². The maximum atomic E-state index is 11.6. The lowest BCUT2D eigenvalue weighted by molar-refractivity contribution is -0.116. The van der Waals surface area contributed by atoms with Crippen LogP contribution < -0.4 is 11.1 Å². The normalized spacial score (nSPS) is 12.2. The second kappa shape index (κ2) is 6.74. The first-order valence-electron chi connectivity index (χ1n) is 5.36. The average Bonchev–Trinajstić information content (AvgIpc) is 2.22. The van der Waals surface area contributed by atoms with Crippen LogP contribution in [0.3, 0.4) is 0 Å². The Morgan fingerprint density at radius 3 is 2.88 bits per heavy atom. The molecule has 94 valence electrons. The van der Waals surface area contributed by atoms with Crippen molar-refractivity contribution in [1.82, 2.24) is 0 Å². The van der Waals surface area contributed by atoms with Gasteiger partial charge in [-0.1, -0.05) is 22.0 Å². The number of ether oxygens (including phenoxy) is 1. The SMILES string of the molecule is COCc1c(Br)cccc1NC(=O)CC(C)N. The number of hydrogen-bond donors (Lipinski definition) is 2. The first-order valence-corrected chi connectivity index (χ1v) is 6.15. The molecule has 0 aliphatic carbocycles. The van der Waals surface area contributed by atoms with Gasteiger partial charge in [-0.05, 0) is 19.1 Å². The van der Waals surface area contributed by atoms with Gasteiger partial charge in [0.05, 0.1) is 6.61 Å². The first-order chi connectivity index (χ1) is 8.04. The number of benzene rings is 1. The molecule has 0 saturated carbocycles. The van der Waals surface area contributed by atoms with Gasteiger partial charge in [-0.25, -0.2) is 0 Å². The number of nitrogens with two attached hydrogens (primary N) is 1. The van der Waals surface area contributed by atoms with Crippen LogP contribution in [0.2, 0.25) is 0 Å². The molecule has 0 radical (unpaired) electrons. The van der Waals surface area contributed by atoms with Crippen molar-refractivity contribution < 1.29 is 9.53 Å². The van der Waals surface area contributed by atoms with Crippen molar-refractivity contribution in [2.75, 3.05) is 12.4 Å². The predicted molar refractivity (Wildman–Crippen MR) is 71.8 cm³/mol. The van der Waals surface area contributed by atoms with E-state index in [0.29, 0.717) is 13.0 Å². The van der Waals surface area contributed by atoms with Crippen molar-refractivity contribution >= 4 is 27.5 Å². The standard InChI is InChI=1S/C12H17BrN2O2/c1-8(14)6-12(16)15-11-5-3-4-10(13)9(11)7-17-2/h3-5,8H,6-7,14H2,1-2H3,(H,15,16). The largest absolute Gasteiger partial charge is 0.380 e. The molecule has 3 N–H and O–H groups in total. The molecule has 0 spiro atoms. The highest BCUT2D eigenvalue weighted by atomic mass is 79.9. The van der Waals surface area contributed by atoms with Gasteiger partial charge in [-0.2, -0.15) is 0 Å². The summed E-state index contributed by atoms with van der Waals surface area (Å²) in [5.74, 6) is -0.0875. The predicted octanol–water partition coefficient (Wildman–Crippen LogP) is 2.27. The van der Waals surface area contributed by atoms with Crippen LogP contribution in [-0.2, 0) is 16.1 Å². The number of rotatable bonds is 5. The summed E-state index contributed by atoms with van der Waals surface area (Å²) in [6.45, 7) is 2.24. The minimum atomic E-state index is -0.145. The zero-order valence-corrected chi connectivity index (χ0v) is 11.6. The second-order valence-electron chi connectivity index (χ2n) is 3.93. The maximum Gasteiger partial charge on any atom is 0.225 e. The fourth-order valence-corrected chi connectivity index (χ4v) is 1.94. The Labute approximate surface area is 110 Å². The zero-order chi connectivity index (χ0) is 12.8. The lowest BCUT2D eigenvalue weighted by Crippen LogP contribution is -2.24. The van der Waals surface area contributed by atoms with Crippen molar-refractivity contribution in [3.63, 3.8) is 0 Å². The van der Waals surface area contributed by atoms with Crippen molar-refractivity contribution in [2.45, 2.75) is 26.0 Å². The Bertz CT molecular complexity index is 394. The van der Waals surface area contributed by atoms with Gasteiger partial charge in [0, 0.05) is 35.3 Å². The molecule has 1 aromatic carbocycles. The van der Waals surface area contributed by atoms with Crippen LogP contribution in [0, 0.1) is 0 Å². The monoisotopic (exact) mass is 300 g/mol. The summed E-state index contributed by atoms with van der Waals surface area (Å²) in [7, 11) is 1.62. The van der Waals surface area contributed by atoms with Gasteiger partial charge in [-0.15, -0.1) is 0 Å². The Balaban J connectivity index is 2.82. The van der Waals surface area contributed by atoms with Gasteiger partial charge in [-0.3, -0.25) is 4.79 Å². The summed E-state index contributed by atoms with van der Waals surface area (Å²) in [6, 6.07) is 5.48. The van der Waals surface area contributed by atoms with Crippen LogP contribution in [0.1, 0.15) is 18.9 Å². The van der Waals surface area contributed by atoms with E-state index in [1.165, 1.54) is 0 Å². The van der Waals surface area contributed by atoms with E-state index in [0.717, 1.165) is 15.7 Å². The summed E-state index contributed by atoms with van der Waals surface area (Å²) < 4.78 is 6.02. The molecule has 17 heavy (non-hydrogen) atoms. The van der Waals surface area contributed by atoms with Crippen LogP contribution in [0.5, 0.6) is 0 Å². The van der Waals surface area contributed by atoms with E-state index in [4.69, 9.17) is 10.5 Å². The van der Waals surface area contributed by atoms with E-state index in [1.807, 2.05) is 18.2 Å². The molecule has 0 heterocycles. The number of carbonyl (C=O) groups excluding carboxylic acids is 1. The number of halogens is 1. The summed E-state index contributed by atoms with van der Waals surface area (Å²) in [5, 5.41) is 2.84. The molecule has 1 amide bonds. The van der Waals surface area contributed by atoms with E-state index < -0.39 is 0 Å². The Morgan fingerprint density at radius 2 is 2.29 bits per heavy atom. The number of methoxy groups -OCH3 is 1. The van der Waals surface area contributed by atoms with Crippen LogP contribution in [0.4, 0.5) is 5.69 Å². The molecule has 0 aliphatic heterocycles. The molecule has 0 saturated heterocycles. The zero-order valence-electron chi connectivity index (χ0n) is 10.00.